The van der Waals surface area contributed by atoms with E-state index in [1.165, 1.54) is 16.4 Å². The van der Waals surface area contributed by atoms with E-state index in [1.54, 1.807) is 24.3 Å². The number of anilines is 1. The largest absolute Gasteiger partial charge is 0.322 e. The number of rotatable bonds is 4. The monoisotopic (exact) mass is 408 g/mol. The first-order chi connectivity index (χ1) is 11.5. The molecule has 0 atom stereocenters. The molecular formula is C17H17BrN2O3S. The molecule has 0 spiro atoms. The lowest BCUT2D eigenvalue weighted by Crippen LogP contribution is -2.28. The van der Waals surface area contributed by atoms with Crippen LogP contribution in [0.4, 0.5) is 5.69 Å². The second-order valence-electron chi connectivity index (χ2n) is 5.60. The number of sulfonamides is 1. The standard InChI is InChI=1S/C17H17BrN2O3S/c18-14-6-4-7-15(12-14)19-17(21)13-5-3-8-16(11-13)24(22,23)20-9-1-2-10-20/h3-8,11-12H,1-2,9-10H2,(H,19,21). The van der Waals surface area contributed by atoms with E-state index in [1.807, 2.05) is 12.1 Å². The SMILES string of the molecule is O=C(Nc1cccc(Br)c1)c1cccc(S(=O)(=O)N2CCCC2)c1. The van der Waals surface area contributed by atoms with Crippen molar-refractivity contribution >= 4 is 37.5 Å². The molecule has 0 aliphatic carbocycles. The van der Waals surface area contributed by atoms with Crippen LogP contribution >= 0.6 is 15.9 Å². The minimum Gasteiger partial charge on any atom is -0.322 e. The third-order valence-corrected chi connectivity index (χ3v) is 6.27. The number of hydrogen-bond acceptors (Lipinski definition) is 3. The molecule has 3 rings (SSSR count). The molecule has 0 unspecified atom stereocenters. The molecule has 24 heavy (non-hydrogen) atoms. The Morgan fingerprint density at radius 2 is 1.75 bits per heavy atom. The molecule has 1 aliphatic rings. The van der Waals surface area contributed by atoms with Crippen molar-refractivity contribution in [3.8, 4) is 0 Å². The summed E-state index contributed by atoms with van der Waals surface area (Å²) in [4.78, 5) is 12.5. The van der Waals surface area contributed by atoms with Gasteiger partial charge in [0.15, 0.2) is 0 Å². The van der Waals surface area contributed by atoms with Gasteiger partial charge in [0.05, 0.1) is 4.90 Å². The summed E-state index contributed by atoms with van der Waals surface area (Å²) in [5.41, 5.74) is 0.956. The zero-order valence-corrected chi connectivity index (χ0v) is 15.3. The van der Waals surface area contributed by atoms with Crippen LogP contribution < -0.4 is 5.32 Å². The fourth-order valence-corrected chi connectivity index (χ4v) is 4.61. The Labute approximate surface area is 149 Å². The lowest BCUT2D eigenvalue weighted by atomic mass is 10.2. The van der Waals surface area contributed by atoms with Crippen molar-refractivity contribution in [1.29, 1.82) is 0 Å². The van der Waals surface area contributed by atoms with Crippen LogP contribution in [0.25, 0.3) is 0 Å². The summed E-state index contributed by atoms with van der Waals surface area (Å²) in [6.45, 7) is 1.08. The van der Waals surface area contributed by atoms with E-state index < -0.39 is 10.0 Å². The maximum atomic E-state index is 12.6. The molecule has 126 valence electrons. The smallest absolute Gasteiger partial charge is 0.255 e. The van der Waals surface area contributed by atoms with Crippen molar-refractivity contribution in [2.45, 2.75) is 17.7 Å². The van der Waals surface area contributed by atoms with Gasteiger partial charge in [-0.05, 0) is 49.2 Å². The molecule has 1 aliphatic heterocycles. The Morgan fingerprint density at radius 1 is 1.04 bits per heavy atom. The summed E-state index contributed by atoms with van der Waals surface area (Å²) in [6.07, 6.45) is 1.75. The van der Waals surface area contributed by atoms with E-state index in [9.17, 15) is 13.2 Å². The van der Waals surface area contributed by atoms with Gasteiger partial charge in [-0.2, -0.15) is 4.31 Å². The fourth-order valence-electron chi connectivity index (χ4n) is 2.64. The van der Waals surface area contributed by atoms with Gasteiger partial charge in [0.25, 0.3) is 5.91 Å². The second kappa shape index (κ2) is 7.04. The third-order valence-electron chi connectivity index (χ3n) is 3.88. The van der Waals surface area contributed by atoms with Crippen LogP contribution in [0.2, 0.25) is 0 Å². The molecule has 1 N–H and O–H groups in total. The van der Waals surface area contributed by atoms with Crippen molar-refractivity contribution in [3.63, 3.8) is 0 Å². The molecule has 7 heteroatoms. The van der Waals surface area contributed by atoms with E-state index in [4.69, 9.17) is 0 Å². The molecule has 1 heterocycles. The molecule has 1 amide bonds. The van der Waals surface area contributed by atoms with Gasteiger partial charge < -0.3 is 5.32 Å². The maximum Gasteiger partial charge on any atom is 0.255 e. The Balaban J connectivity index is 1.83. The van der Waals surface area contributed by atoms with Gasteiger partial charge in [-0.25, -0.2) is 8.42 Å². The van der Waals surface area contributed by atoms with Crippen LogP contribution in [0.15, 0.2) is 57.9 Å². The Hall–Kier alpha value is -1.70. The highest BCUT2D eigenvalue weighted by molar-refractivity contribution is 9.10. The number of carbonyl (C=O) groups excluding carboxylic acids is 1. The number of carbonyl (C=O) groups is 1. The molecule has 0 radical (unpaired) electrons. The quantitative estimate of drug-likeness (QED) is 0.841. The highest BCUT2D eigenvalue weighted by atomic mass is 79.9. The third kappa shape index (κ3) is 3.68. The summed E-state index contributed by atoms with van der Waals surface area (Å²) < 4.78 is 27.5. The van der Waals surface area contributed by atoms with Gasteiger partial charge >= 0.3 is 0 Å². The van der Waals surface area contributed by atoms with Crippen molar-refractivity contribution < 1.29 is 13.2 Å². The summed E-state index contributed by atoms with van der Waals surface area (Å²) in [5, 5.41) is 2.77. The van der Waals surface area contributed by atoms with E-state index in [2.05, 4.69) is 21.2 Å². The number of halogens is 1. The van der Waals surface area contributed by atoms with Gasteiger partial charge in [-0.15, -0.1) is 0 Å². The summed E-state index contributed by atoms with van der Waals surface area (Å²) in [6, 6.07) is 13.4. The summed E-state index contributed by atoms with van der Waals surface area (Å²) in [7, 11) is -3.53. The van der Waals surface area contributed by atoms with Gasteiger partial charge in [0, 0.05) is 28.8 Å². The molecule has 2 aromatic carbocycles. The molecular weight excluding hydrogens is 392 g/mol. The summed E-state index contributed by atoms with van der Waals surface area (Å²) in [5.74, 6) is -0.341. The van der Waals surface area contributed by atoms with Gasteiger partial charge in [0.2, 0.25) is 10.0 Å². The normalized spacial score (nSPS) is 15.4. The van der Waals surface area contributed by atoms with Crippen molar-refractivity contribution in [3.05, 3.63) is 58.6 Å². The minimum absolute atomic E-state index is 0.159. The average molecular weight is 409 g/mol. The first-order valence-electron chi connectivity index (χ1n) is 7.64. The first kappa shape index (κ1) is 17.1. The van der Waals surface area contributed by atoms with Crippen LogP contribution in [0.3, 0.4) is 0 Å². The Bertz CT molecular complexity index is 862. The Kier molecular flexibility index (Phi) is 5.03. The number of hydrogen-bond donors (Lipinski definition) is 1. The molecule has 0 saturated carbocycles. The average Bonchev–Trinajstić information content (AvgIpc) is 3.10. The predicted molar refractivity (Wildman–Crippen MR) is 96.5 cm³/mol. The lowest BCUT2D eigenvalue weighted by Gasteiger charge is -2.16. The van der Waals surface area contributed by atoms with Gasteiger partial charge in [0.1, 0.15) is 0 Å². The first-order valence-corrected chi connectivity index (χ1v) is 9.87. The number of nitrogens with one attached hydrogen (secondary N) is 1. The highest BCUT2D eigenvalue weighted by Crippen LogP contribution is 2.22. The highest BCUT2D eigenvalue weighted by Gasteiger charge is 2.27. The predicted octanol–water partition coefficient (Wildman–Crippen LogP) is 3.49. The lowest BCUT2D eigenvalue weighted by molar-refractivity contribution is 0.102. The maximum absolute atomic E-state index is 12.6. The van der Waals surface area contributed by atoms with Crippen molar-refractivity contribution in [2.75, 3.05) is 18.4 Å². The van der Waals surface area contributed by atoms with Crippen LogP contribution in [0.1, 0.15) is 23.2 Å². The number of benzene rings is 2. The van der Waals surface area contributed by atoms with E-state index in [-0.39, 0.29) is 10.8 Å². The zero-order chi connectivity index (χ0) is 17.2. The van der Waals surface area contributed by atoms with E-state index in [0.29, 0.717) is 24.3 Å². The summed E-state index contributed by atoms with van der Waals surface area (Å²) >= 11 is 3.35. The molecule has 1 saturated heterocycles. The number of nitrogens with zero attached hydrogens (tertiary/aromatic N) is 1. The molecule has 5 nitrogen and oxygen atoms in total. The van der Waals surface area contributed by atoms with Crippen LogP contribution in [0.5, 0.6) is 0 Å². The Morgan fingerprint density at radius 3 is 2.46 bits per heavy atom. The van der Waals surface area contributed by atoms with Gasteiger partial charge in [-0.1, -0.05) is 28.1 Å². The second-order valence-corrected chi connectivity index (χ2v) is 8.46. The molecule has 2 aromatic rings. The topological polar surface area (TPSA) is 66.5 Å². The molecule has 0 bridgehead atoms. The van der Waals surface area contributed by atoms with Crippen LogP contribution in [0, 0.1) is 0 Å². The van der Waals surface area contributed by atoms with Crippen molar-refractivity contribution in [2.24, 2.45) is 0 Å². The van der Waals surface area contributed by atoms with E-state index in [0.717, 1.165) is 17.3 Å². The zero-order valence-electron chi connectivity index (χ0n) is 12.9. The van der Waals surface area contributed by atoms with Crippen molar-refractivity contribution in [1.82, 2.24) is 4.31 Å². The van der Waals surface area contributed by atoms with Crippen LogP contribution in [-0.2, 0) is 10.0 Å². The van der Waals surface area contributed by atoms with Gasteiger partial charge in [-0.3, -0.25) is 4.79 Å². The fraction of sp³-hybridized carbons (Fsp3) is 0.235. The molecule has 1 fully saturated rings. The number of amides is 1. The van der Waals surface area contributed by atoms with E-state index >= 15 is 0 Å². The van der Waals surface area contributed by atoms with Crippen LogP contribution in [-0.4, -0.2) is 31.7 Å². The minimum atomic E-state index is -3.53. The molecule has 0 aromatic heterocycles.